The van der Waals surface area contributed by atoms with E-state index in [1.54, 1.807) is 0 Å². The van der Waals surface area contributed by atoms with Gasteiger partial charge >= 0.3 is 12.1 Å². The third-order valence-corrected chi connectivity index (χ3v) is 2.76. The molecule has 21 heavy (non-hydrogen) atoms. The Balaban J connectivity index is 2.29. The lowest BCUT2D eigenvalue weighted by Crippen LogP contribution is -2.09. The van der Waals surface area contributed by atoms with Gasteiger partial charge in [-0.3, -0.25) is 0 Å². The number of halogens is 3. The first-order chi connectivity index (χ1) is 9.88. The van der Waals surface area contributed by atoms with Crippen LogP contribution in [0, 0.1) is 0 Å². The van der Waals surface area contributed by atoms with Crippen molar-refractivity contribution in [1.29, 1.82) is 0 Å². The van der Waals surface area contributed by atoms with Gasteiger partial charge in [-0.2, -0.15) is 13.2 Å². The molecule has 0 unspecified atom stereocenters. The first-order valence-electron chi connectivity index (χ1n) is 5.99. The van der Waals surface area contributed by atoms with Gasteiger partial charge in [0.2, 0.25) is 0 Å². The molecule has 0 amide bonds. The number of rotatable bonds is 4. The monoisotopic (exact) mass is 296 g/mol. The fourth-order valence-corrected chi connectivity index (χ4v) is 1.86. The molecule has 1 N–H and O–H groups in total. The lowest BCUT2D eigenvalue weighted by molar-refractivity contribution is -0.139. The number of alkyl halides is 3. The molecular weight excluding hydrogens is 285 g/mol. The highest BCUT2D eigenvalue weighted by Crippen LogP contribution is 2.37. The van der Waals surface area contributed by atoms with Crippen molar-refractivity contribution in [3.05, 3.63) is 54.1 Å². The van der Waals surface area contributed by atoms with Gasteiger partial charge in [0.1, 0.15) is 5.75 Å². The van der Waals surface area contributed by atoms with Crippen molar-refractivity contribution >= 4 is 5.97 Å². The molecule has 0 aliphatic rings. The molecule has 0 bridgehead atoms. The third kappa shape index (κ3) is 3.75. The fourth-order valence-electron chi connectivity index (χ4n) is 1.86. The SMILES string of the molecule is O=C(O)COc1ccc(-c2ccccc2C(F)(F)F)cc1. The number of aliphatic carboxylic acids is 1. The normalized spacial score (nSPS) is 11.2. The van der Waals surface area contributed by atoms with Crippen molar-refractivity contribution in [3.63, 3.8) is 0 Å². The zero-order chi connectivity index (χ0) is 15.5. The quantitative estimate of drug-likeness (QED) is 0.932. The van der Waals surface area contributed by atoms with Crippen LogP contribution in [0.2, 0.25) is 0 Å². The van der Waals surface area contributed by atoms with E-state index in [1.807, 2.05) is 0 Å². The lowest BCUT2D eigenvalue weighted by Gasteiger charge is -2.13. The number of benzene rings is 2. The topological polar surface area (TPSA) is 46.5 Å². The first kappa shape index (κ1) is 14.9. The number of hydrogen-bond acceptors (Lipinski definition) is 2. The summed E-state index contributed by atoms with van der Waals surface area (Å²) in [4.78, 5) is 10.4. The van der Waals surface area contributed by atoms with Crippen LogP contribution in [-0.4, -0.2) is 17.7 Å². The average Bonchev–Trinajstić information content (AvgIpc) is 2.45. The third-order valence-electron chi connectivity index (χ3n) is 2.76. The number of carboxylic acid groups (broad SMARTS) is 1. The summed E-state index contributed by atoms with van der Waals surface area (Å²) in [6.07, 6.45) is -4.44. The lowest BCUT2D eigenvalue weighted by atomic mass is 9.99. The van der Waals surface area contributed by atoms with Crippen molar-refractivity contribution in [2.24, 2.45) is 0 Å². The summed E-state index contributed by atoms with van der Waals surface area (Å²) in [6, 6.07) is 11.1. The molecule has 0 saturated heterocycles. The molecular formula is C15H11F3O3. The van der Waals surface area contributed by atoms with Crippen LogP contribution in [0.15, 0.2) is 48.5 Å². The van der Waals surface area contributed by atoms with Gasteiger partial charge in [-0.05, 0) is 29.3 Å². The summed E-state index contributed by atoms with van der Waals surface area (Å²) in [5.74, 6) is -0.841. The molecule has 0 fully saturated rings. The van der Waals surface area contributed by atoms with Crippen molar-refractivity contribution in [2.75, 3.05) is 6.61 Å². The Labute approximate surface area is 118 Å². The molecule has 0 aliphatic carbocycles. The summed E-state index contributed by atoms with van der Waals surface area (Å²) in [5, 5.41) is 8.48. The van der Waals surface area contributed by atoms with E-state index in [0.717, 1.165) is 6.07 Å². The molecule has 0 aromatic heterocycles. The maximum atomic E-state index is 12.9. The highest BCUT2D eigenvalue weighted by atomic mass is 19.4. The van der Waals surface area contributed by atoms with Crippen LogP contribution in [0.3, 0.4) is 0 Å². The van der Waals surface area contributed by atoms with E-state index in [2.05, 4.69) is 0 Å². The Bertz CT molecular complexity index is 633. The second kappa shape index (κ2) is 5.87. The maximum absolute atomic E-state index is 12.9. The van der Waals surface area contributed by atoms with Crippen molar-refractivity contribution < 1.29 is 27.8 Å². The smallest absolute Gasteiger partial charge is 0.417 e. The molecule has 0 aliphatic heterocycles. The largest absolute Gasteiger partial charge is 0.482 e. The molecule has 0 atom stereocenters. The molecule has 2 aromatic carbocycles. The maximum Gasteiger partial charge on any atom is 0.417 e. The Morgan fingerprint density at radius 2 is 1.67 bits per heavy atom. The van der Waals surface area contributed by atoms with Gasteiger partial charge in [-0.1, -0.05) is 30.3 Å². The van der Waals surface area contributed by atoms with Gasteiger partial charge in [0.15, 0.2) is 6.61 Å². The standard InChI is InChI=1S/C15H11F3O3/c16-15(17,18)13-4-2-1-3-12(13)10-5-7-11(8-6-10)21-9-14(19)20/h1-8H,9H2,(H,19,20). The molecule has 2 aromatic rings. The molecule has 0 saturated carbocycles. The summed E-state index contributed by atoms with van der Waals surface area (Å²) in [5.41, 5.74) is -0.274. The minimum Gasteiger partial charge on any atom is -0.482 e. The van der Waals surface area contributed by atoms with Crippen molar-refractivity contribution in [3.8, 4) is 16.9 Å². The molecule has 3 nitrogen and oxygen atoms in total. The molecule has 110 valence electrons. The minimum absolute atomic E-state index is 0.0646. The molecule has 6 heteroatoms. The first-order valence-corrected chi connectivity index (χ1v) is 5.99. The summed E-state index contributed by atoms with van der Waals surface area (Å²) in [6.45, 7) is -0.502. The highest BCUT2D eigenvalue weighted by molar-refractivity contribution is 5.70. The number of ether oxygens (including phenoxy) is 1. The van der Waals surface area contributed by atoms with Gasteiger partial charge in [-0.15, -0.1) is 0 Å². The minimum atomic E-state index is -4.44. The molecule has 0 spiro atoms. The van der Waals surface area contributed by atoms with Crippen LogP contribution in [0.4, 0.5) is 13.2 Å². The van der Waals surface area contributed by atoms with Gasteiger partial charge in [0, 0.05) is 0 Å². The van der Waals surface area contributed by atoms with Gasteiger partial charge in [0.25, 0.3) is 0 Å². The van der Waals surface area contributed by atoms with Gasteiger partial charge in [-0.25, -0.2) is 4.79 Å². The zero-order valence-electron chi connectivity index (χ0n) is 10.7. The zero-order valence-corrected chi connectivity index (χ0v) is 10.7. The summed E-state index contributed by atoms with van der Waals surface area (Å²) < 4.78 is 43.7. The van der Waals surface area contributed by atoms with Crippen LogP contribution in [0.1, 0.15) is 5.56 Å². The van der Waals surface area contributed by atoms with E-state index < -0.39 is 24.3 Å². The Kier molecular flexibility index (Phi) is 4.16. The van der Waals surface area contributed by atoms with Crippen molar-refractivity contribution in [2.45, 2.75) is 6.18 Å². The highest BCUT2D eigenvalue weighted by Gasteiger charge is 2.33. The van der Waals surface area contributed by atoms with E-state index in [1.165, 1.54) is 42.5 Å². The Morgan fingerprint density at radius 1 is 1.05 bits per heavy atom. The molecule has 0 heterocycles. The number of carbonyl (C=O) groups is 1. The van der Waals surface area contributed by atoms with Crippen LogP contribution < -0.4 is 4.74 Å². The average molecular weight is 296 g/mol. The Morgan fingerprint density at radius 3 is 2.24 bits per heavy atom. The van der Waals surface area contributed by atoms with Crippen LogP contribution >= 0.6 is 0 Å². The number of hydrogen-bond donors (Lipinski definition) is 1. The van der Waals surface area contributed by atoms with E-state index in [-0.39, 0.29) is 11.3 Å². The summed E-state index contributed by atoms with van der Waals surface area (Å²) in [7, 11) is 0. The predicted molar refractivity (Wildman–Crippen MR) is 70.0 cm³/mol. The van der Waals surface area contributed by atoms with Gasteiger partial charge < -0.3 is 9.84 Å². The van der Waals surface area contributed by atoms with Crippen LogP contribution in [0.5, 0.6) is 5.75 Å². The van der Waals surface area contributed by atoms with E-state index in [9.17, 15) is 18.0 Å². The fraction of sp³-hybridized carbons (Fsp3) is 0.133. The molecule has 0 radical (unpaired) electrons. The van der Waals surface area contributed by atoms with E-state index in [0.29, 0.717) is 5.56 Å². The van der Waals surface area contributed by atoms with Gasteiger partial charge in [0.05, 0.1) is 5.56 Å². The Hall–Kier alpha value is -2.50. The van der Waals surface area contributed by atoms with Crippen LogP contribution in [-0.2, 0) is 11.0 Å². The van der Waals surface area contributed by atoms with Crippen molar-refractivity contribution in [1.82, 2.24) is 0 Å². The predicted octanol–water partition coefficient (Wildman–Crippen LogP) is 3.84. The molecule has 2 rings (SSSR count). The second-order valence-electron chi connectivity index (χ2n) is 4.25. The van der Waals surface area contributed by atoms with Crippen LogP contribution in [0.25, 0.3) is 11.1 Å². The summed E-state index contributed by atoms with van der Waals surface area (Å²) >= 11 is 0. The van der Waals surface area contributed by atoms with E-state index >= 15 is 0 Å². The van der Waals surface area contributed by atoms with E-state index in [4.69, 9.17) is 9.84 Å². The second-order valence-corrected chi connectivity index (χ2v) is 4.25. The number of carboxylic acids is 1.